The maximum absolute atomic E-state index is 13.7. The fourth-order valence-corrected chi connectivity index (χ4v) is 5.76. The van der Waals surface area contributed by atoms with Crippen LogP contribution in [-0.2, 0) is 9.53 Å². The van der Waals surface area contributed by atoms with Crippen molar-refractivity contribution in [3.05, 3.63) is 18.3 Å². The van der Waals surface area contributed by atoms with Gasteiger partial charge in [-0.2, -0.15) is 0 Å². The molecule has 184 valence electrons. The number of amides is 1. The van der Waals surface area contributed by atoms with E-state index in [2.05, 4.69) is 42.9 Å². The van der Waals surface area contributed by atoms with Gasteiger partial charge < -0.3 is 19.7 Å². The van der Waals surface area contributed by atoms with Gasteiger partial charge in [0.2, 0.25) is 11.8 Å². The van der Waals surface area contributed by atoms with E-state index >= 15 is 0 Å². The zero-order valence-electron chi connectivity index (χ0n) is 21.2. The number of carbonyl (C=O) groups is 1. The molecule has 1 aromatic rings. The fraction of sp³-hybridized carbons (Fsp3) is 0.778. The fourth-order valence-electron chi connectivity index (χ4n) is 5.76. The van der Waals surface area contributed by atoms with Crippen molar-refractivity contribution in [1.29, 1.82) is 0 Å². The molecule has 1 saturated heterocycles. The number of ether oxygens (including phenoxy) is 2. The summed E-state index contributed by atoms with van der Waals surface area (Å²) in [6, 6.07) is 4.24. The number of nitrogens with one attached hydrogen (secondary N) is 1. The zero-order valence-corrected chi connectivity index (χ0v) is 21.2. The summed E-state index contributed by atoms with van der Waals surface area (Å²) in [6.07, 6.45) is 10.2. The molecule has 1 amide bonds. The first-order valence-electron chi connectivity index (χ1n) is 13.0. The van der Waals surface area contributed by atoms with E-state index in [0.717, 1.165) is 57.4 Å². The molecular weight excluding hydrogens is 414 g/mol. The molecule has 1 aromatic heterocycles. The second-order valence-corrected chi connectivity index (χ2v) is 11.5. The highest BCUT2D eigenvalue weighted by Gasteiger charge is 2.55. The van der Waals surface area contributed by atoms with Crippen molar-refractivity contribution in [2.75, 3.05) is 25.2 Å². The number of rotatable bonds is 8. The maximum atomic E-state index is 13.7. The summed E-state index contributed by atoms with van der Waals surface area (Å²) in [7, 11) is 1.62. The minimum Gasteiger partial charge on any atom is -0.481 e. The molecule has 3 aliphatic rings. The summed E-state index contributed by atoms with van der Waals surface area (Å²) in [5.41, 5.74) is 0.775. The van der Waals surface area contributed by atoms with Gasteiger partial charge in [-0.05, 0) is 68.9 Å². The standard InChI is InChI=1S/C27H43N3O3/c1-6-7-14-28-21-16-27(33-18-21)13-12-20(26(2,3)4)15-23(27)30(25(31)19-8-9-19)22-10-11-24(32-5)29-17-22/h10-11,17,19-21,23,28H,6-9,12-16,18H2,1-5H3. The lowest BCUT2D eigenvalue weighted by Crippen LogP contribution is -2.59. The van der Waals surface area contributed by atoms with Crippen LogP contribution in [0.3, 0.4) is 0 Å². The molecule has 6 nitrogen and oxygen atoms in total. The first-order valence-corrected chi connectivity index (χ1v) is 13.0. The summed E-state index contributed by atoms with van der Waals surface area (Å²) >= 11 is 0. The molecule has 1 spiro atoms. The van der Waals surface area contributed by atoms with E-state index in [1.165, 1.54) is 12.8 Å². The average Bonchev–Trinajstić information content (AvgIpc) is 3.57. The van der Waals surface area contributed by atoms with Crippen LogP contribution < -0.4 is 15.0 Å². The van der Waals surface area contributed by atoms with Gasteiger partial charge in [-0.3, -0.25) is 4.79 Å². The number of anilines is 1. The van der Waals surface area contributed by atoms with Crippen LogP contribution in [0.1, 0.15) is 79.1 Å². The molecule has 2 saturated carbocycles. The van der Waals surface area contributed by atoms with Crippen molar-refractivity contribution in [3.8, 4) is 5.88 Å². The van der Waals surface area contributed by atoms with Crippen LogP contribution in [0.5, 0.6) is 5.88 Å². The van der Waals surface area contributed by atoms with E-state index in [1.807, 2.05) is 12.1 Å². The predicted octanol–water partition coefficient (Wildman–Crippen LogP) is 4.97. The molecule has 33 heavy (non-hydrogen) atoms. The SMILES string of the molecule is CCCCNC1COC2(CCC(C(C)(C)C)CC2N(C(=O)C2CC2)c2ccc(OC)nc2)C1. The number of nitrogens with zero attached hydrogens (tertiary/aromatic N) is 2. The largest absolute Gasteiger partial charge is 0.481 e. The highest BCUT2D eigenvalue weighted by molar-refractivity contribution is 5.97. The lowest BCUT2D eigenvalue weighted by molar-refractivity contribution is -0.124. The zero-order chi connectivity index (χ0) is 23.6. The Bertz CT molecular complexity index is 802. The molecule has 4 rings (SSSR count). The van der Waals surface area contributed by atoms with Gasteiger partial charge in [0.25, 0.3) is 0 Å². The summed E-state index contributed by atoms with van der Waals surface area (Å²) in [5.74, 6) is 1.50. The summed E-state index contributed by atoms with van der Waals surface area (Å²) in [4.78, 5) is 20.3. The van der Waals surface area contributed by atoms with Gasteiger partial charge in [-0.15, -0.1) is 0 Å². The minimum absolute atomic E-state index is 0.0248. The van der Waals surface area contributed by atoms with E-state index in [4.69, 9.17) is 9.47 Å². The Balaban J connectivity index is 1.66. The maximum Gasteiger partial charge on any atom is 0.230 e. The van der Waals surface area contributed by atoms with Crippen molar-refractivity contribution >= 4 is 11.6 Å². The van der Waals surface area contributed by atoms with E-state index in [1.54, 1.807) is 13.3 Å². The summed E-state index contributed by atoms with van der Waals surface area (Å²) in [6.45, 7) is 11.0. The van der Waals surface area contributed by atoms with Crippen LogP contribution in [0.4, 0.5) is 5.69 Å². The Morgan fingerprint density at radius 2 is 2.09 bits per heavy atom. The highest BCUT2D eigenvalue weighted by Crippen LogP contribution is 2.50. The van der Waals surface area contributed by atoms with Crippen LogP contribution in [0.15, 0.2) is 18.3 Å². The molecule has 0 radical (unpaired) electrons. The first kappa shape index (κ1) is 24.5. The third kappa shape index (κ3) is 5.37. The Labute approximate surface area is 199 Å². The van der Waals surface area contributed by atoms with Crippen molar-refractivity contribution in [2.24, 2.45) is 17.3 Å². The van der Waals surface area contributed by atoms with Crippen LogP contribution in [0, 0.1) is 17.3 Å². The Morgan fingerprint density at radius 1 is 1.30 bits per heavy atom. The van der Waals surface area contributed by atoms with Gasteiger partial charge in [0.1, 0.15) is 0 Å². The average molecular weight is 458 g/mol. The molecule has 2 heterocycles. The Morgan fingerprint density at radius 3 is 2.70 bits per heavy atom. The van der Waals surface area contributed by atoms with Gasteiger partial charge >= 0.3 is 0 Å². The van der Waals surface area contributed by atoms with Crippen molar-refractivity contribution < 1.29 is 14.3 Å². The molecule has 1 N–H and O–H groups in total. The molecule has 6 heteroatoms. The smallest absolute Gasteiger partial charge is 0.230 e. The number of hydrogen-bond acceptors (Lipinski definition) is 5. The number of aromatic nitrogens is 1. The third-order valence-electron chi connectivity index (χ3n) is 8.07. The number of methoxy groups -OCH3 is 1. The second-order valence-electron chi connectivity index (χ2n) is 11.5. The minimum atomic E-state index is -0.296. The van der Waals surface area contributed by atoms with Gasteiger partial charge in [0, 0.05) is 18.0 Å². The van der Waals surface area contributed by atoms with Crippen LogP contribution >= 0.6 is 0 Å². The van der Waals surface area contributed by atoms with E-state index in [-0.39, 0.29) is 28.9 Å². The number of carbonyl (C=O) groups excluding carboxylic acids is 1. The van der Waals surface area contributed by atoms with E-state index in [0.29, 0.717) is 17.8 Å². The van der Waals surface area contributed by atoms with Crippen LogP contribution in [0.2, 0.25) is 0 Å². The molecule has 0 bridgehead atoms. The molecule has 3 fully saturated rings. The first-order chi connectivity index (χ1) is 15.8. The van der Waals surface area contributed by atoms with Crippen molar-refractivity contribution in [1.82, 2.24) is 10.3 Å². The molecule has 4 atom stereocenters. The molecular formula is C27H43N3O3. The highest BCUT2D eigenvalue weighted by atomic mass is 16.5. The quantitative estimate of drug-likeness (QED) is 0.559. The van der Waals surface area contributed by atoms with Crippen LogP contribution in [0.25, 0.3) is 0 Å². The van der Waals surface area contributed by atoms with E-state index in [9.17, 15) is 4.79 Å². The monoisotopic (exact) mass is 457 g/mol. The molecule has 4 unspecified atom stereocenters. The summed E-state index contributed by atoms with van der Waals surface area (Å²) in [5, 5.41) is 3.72. The number of hydrogen-bond donors (Lipinski definition) is 1. The molecule has 1 aliphatic heterocycles. The lowest BCUT2D eigenvalue weighted by Gasteiger charge is -2.51. The van der Waals surface area contributed by atoms with Crippen molar-refractivity contribution in [2.45, 2.75) is 96.7 Å². The van der Waals surface area contributed by atoms with Crippen molar-refractivity contribution in [3.63, 3.8) is 0 Å². The number of pyridine rings is 1. The lowest BCUT2D eigenvalue weighted by atomic mass is 9.65. The van der Waals surface area contributed by atoms with Gasteiger partial charge in [0.15, 0.2) is 0 Å². The van der Waals surface area contributed by atoms with Gasteiger partial charge in [0.05, 0.1) is 37.2 Å². The topological polar surface area (TPSA) is 63.7 Å². The van der Waals surface area contributed by atoms with Gasteiger partial charge in [-0.25, -0.2) is 4.98 Å². The second kappa shape index (κ2) is 9.91. The molecule has 2 aliphatic carbocycles. The van der Waals surface area contributed by atoms with Gasteiger partial charge in [-0.1, -0.05) is 34.1 Å². The predicted molar refractivity (Wildman–Crippen MR) is 132 cm³/mol. The normalized spacial score (nSPS) is 29.9. The van der Waals surface area contributed by atoms with Crippen LogP contribution in [-0.4, -0.2) is 48.8 Å². The molecule has 0 aromatic carbocycles. The Kier molecular flexibility index (Phi) is 7.35. The van der Waals surface area contributed by atoms with E-state index < -0.39 is 0 Å². The Hall–Kier alpha value is -1.66. The third-order valence-corrected chi connectivity index (χ3v) is 8.07. The summed E-state index contributed by atoms with van der Waals surface area (Å²) < 4.78 is 12.0. The number of unbranched alkanes of at least 4 members (excludes halogenated alkanes) is 1.